The first-order chi connectivity index (χ1) is 11.7. The highest BCUT2D eigenvalue weighted by Gasteiger charge is 2.23. The van der Waals surface area contributed by atoms with Crippen molar-refractivity contribution < 1.29 is 9.53 Å². The molecule has 1 aliphatic rings. The Balaban J connectivity index is 1.65. The highest BCUT2D eigenvalue weighted by atomic mass is 32.2. The molecule has 24 heavy (non-hydrogen) atoms. The van der Waals surface area contributed by atoms with Crippen molar-refractivity contribution in [2.24, 2.45) is 0 Å². The van der Waals surface area contributed by atoms with Crippen LogP contribution in [0.2, 0.25) is 0 Å². The van der Waals surface area contributed by atoms with Crippen molar-refractivity contribution in [2.45, 2.75) is 11.3 Å². The molecule has 0 saturated carbocycles. The maximum absolute atomic E-state index is 12.2. The largest absolute Gasteiger partial charge is 0.443 e. The summed E-state index contributed by atoms with van der Waals surface area (Å²) < 4.78 is 6.70. The van der Waals surface area contributed by atoms with Gasteiger partial charge in [-0.05, 0) is 12.1 Å². The minimum atomic E-state index is -0.417. The molecule has 1 fully saturated rings. The van der Waals surface area contributed by atoms with Crippen LogP contribution >= 0.6 is 11.8 Å². The number of alkyl carbamates (subject to hydrolysis) is 1. The van der Waals surface area contributed by atoms with E-state index in [1.165, 1.54) is 18.0 Å². The van der Waals surface area contributed by atoms with Crippen LogP contribution in [-0.2, 0) is 4.74 Å². The predicted molar refractivity (Wildman–Crippen MR) is 88.5 cm³/mol. The van der Waals surface area contributed by atoms with Gasteiger partial charge >= 0.3 is 6.09 Å². The Morgan fingerprint density at radius 1 is 1.29 bits per heavy atom. The number of carbonyl (C=O) groups is 1. The lowest BCUT2D eigenvalue weighted by molar-refractivity contribution is 0.150. The van der Waals surface area contributed by atoms with E-state index in [0.717, 1.165) is 5.69 Å². The van der Waals surface area contributed by atoms with Crippen LogP contribution in [0.3, 0.4) is 0 Å². The molecule has 1 aromatic carbocycles. The number of nitrogens with zero attached hydrogens (tertiary/aromatic N) is 3. The average molecular weight is 343 g/mol. The van der Waals surface area contributed by atoms with Crippen LogP contribution < -0.4 is 10.9 Å². The standard InChI is InChI=1S/C15H13N5O3S/c21-13-11-7-17-20(9-4-2-1-3-5-9)12(11)18-14(19-13)24-8-10-6-16-15(22)23-10/h1-5,7,10H,6,8H2,(H,16,22)(H,18,19,21)/t10-/m0/s1. The van der Waals surface area contributed by atoms with Crippen molar-refractivity contribution in [3.63, 3.8) is 0 Å². The van der Waals surface area contributed by atoms with Crippen LogP contribution in [0, 0.1) is 0 Å². The Kier molecular flexibility index (Phi) is 3.69. The number of nitrogens with one attached hydrogen (secondary N) is 2. The molecule has 1 amide bonds. The third-order valence-corrected chi connectivity index (χ3v) is 4.58. The van der Waals surface area contributed by atoms with Crippen LogP contribution in [0.4, 0.5) is 4.79 Å². The van der Waals surface area contributed by atoms with E-state index in [4.69, 9.17) is 4.74 Å². The summed E-state index contributed by atoms with van der Waals surface area (Å²) in [5, 5.41) is 7.75. The minimum Gasteiger partial charge on any atom is -0.443 e. The molecular formula is C15H13N5O3S. The zero-order valence-corrected chi connectivity index (χ0v) is 13.2. The predicted octanol–water partition coefficient (Wildman–Crippen LogP) is 1.31. The van der Waals surface area contributed by atoms with Gasteiger partial charge in [0, 0.05) is 5.75 Å². The normalized spacial score (nSPS) is 17.0. The Labute approximate surface area is 140 Å². The fourth-order valence-corrected chi connectivity index (χ4v) is 3.27. The topological polar surface area (TPSA) is 102 Å². The average Bonchev–Trinajstić information content (AvgIpc) is 3.20. The first-order valence-electron chi connectivity index (χ1n) is 7.31. The summed E-state index contributed by atoms with van der Waals surface area (Å²) in [6.07, 6.45) is 0.854. The van der Waals surface area contributed by atoms with E-state index in [1.54, 1.807) is 4.68 Å². The molecule has 4 rings (SSSR count). The van der Waals surface area contributed by atoms with Crippen molar-refractivity contribution in [1.82, 2.24) is 25.1 Å². The first-order valence-corrected chi connectivity index (χ1v) is 8.30. The fourth-order valence-electron chi connectivity index (χ4n) is 2.42. The highest BCUT2D eigenvalue weighted by Crippen LogP contribution is 2.19. The number of hydrogen-bond acceptors (Lipinski definition) is 6. The van der Waals surface area contributed by atoms with Gasteiger partial charge in [-0.2, -0.15) is 5.10 Å². The molecule has 2 N–H and O–H groups in total. The van der Waals surface area contributed by atoms with E-state index in [0.29, 0.717) is 28.5 Å². The summed E-state index contributed by atoms with van der Waals surface area (Å²) in [4.78, 5) is 30.5. The number of fused-ring (bicyclic) bond motifs is 1. The third-order valence-electron chi connectivity index (χ3n) is 3.57. The van der Waals surface area contributed by atoms with Crippen LogP contribution in [0.5, 0.6) is 0 Å². The van der Waals surface area contributed by atoms with Gasteiger partial charge in [-0.15, -0.1) is 0 Å². The van der Waals surface area contributed by atoms with Crippen molar-refractivity contribution in [1.29, 1.82) is 0 Å². The minimum absolute atomic E-state index is 0.234. The van der Waals surface area contributed by atoms with Gasteiger partial charge in [-0.1, -0.05) is 30.0 Å². The Morgan fingerprint density at radius 3 is 2.88 bits per heavy atom. The number of para-hydroxylation sites is 1. The van der Waals surface area contributed by atoms with E-state index in [1.807, 2.05) is 30.3 Å². The molecule has 3 aromatic rings. The molecular weight excluding hydrogens is 330 g/mol. The summed E-state index contributed by atoms with van der Waals surface area (Å²) >= 11 is 1.33. The highest BCUT2D eigenvalue weighted by molar-refractivity contribution is 7.99. The Hall–Kier alpha value is -2.81. The zero-order valence-electron chi connectivity index (χ0n) is 12.4. The Bertz CT molecular complexity index is 953. The molecule has 1 aliphatic heterocycles. The second kappa shape index (κ2) is 6.00. The molecule has 2 aromatic heterocycles. The molecule has 0 bridgehead atoms. The number of aromatic amines is 1. The molecule has 122 valence electrons. The number of carbonyl (C=O) groups excluding carboxylic acids is 1. The number of rotatable bonds is 4. The summed E-state index contributed by atoms with van der Waals surface area (Å²) in [6.45, 7) is 0.459. The van der Waals surface area contributed by atoms with Gasteiger partial charge in [0.25, 0.3) is 5.56 Å². The molecule has 3 heterocycles. The van der Waals surface area contributed by atoms with Gasteiger partial charge in [-0.3, -0.25) is 4.79 Å². The van der Waals surface area contributed by atoms with Crippen molar-refractivity contribution in [3.05, 3.63) is 46.9 Å². The molecule has 0 aliphatic carbocycles. The lowest BCUT2D eigenvalue weighted by Crippen LogP contribution is -2.17. The molecule has 1 saturated heterocycles. The summed E-state index contributed by atoms with van der Waals surface area (Å²) in [7, 11) is 0. The van der Waals surface area contributed by atoms with Crippen molar-refractivity contribution >= 4 is 28.9 Å². The number of aromatic nitrogens is 4. The Morgan fingerprint density at radius 2 is 2.12 bits per heavy atom. The van der Waals surface area contributed by atoms with Crippen LogP contribution in [-0.4, -0.2) is 44.2 Å². The smallest absolute Gasteiger partial charge is 0.407 e. The van der Waals surface area contributed by atoms with E-state index in [-0.39, 0.29) is 11.7 Å². The van der Waals surface area contributed by atoms with E-state index in [2.05, 4.69) is 20.4 Å². The van der Waals surface area contributed by atoms with Crippen LogP contribution in [0.1, 0.15) is 0 Å². The quantitative estimate of drug-likeness (QED) is 0.547. The molecule has 0 radical (unpaired) electrons. The number of hydrogen-bond donors (Lipinski definition) is 2. The molecule has 0 spiro atoms. The van der Waals surface area contributed by atoms with Crippen LogP contribution in [0.15, 0.2) is 46.5 Å². The van der Waals surface area contributed by atoms with Crippen molar-refractivity contribution in [3.8, 4) is 5.69 Å². The number of ether oxygens (including phenoxy) is 1. The zero-order chi connectivity index (χ0) is 16.5. The fraction of sp³-hybridized carbons (Fsp3) is 0.200. The number of thioether (sulfide) groups is 1. The van der Waals surface area contributed by atoms with E-state index in [9.17, 15) is 9.59 Å². The summed E-state index contributed by atoms with van der Waals surface area (Å²) in [6, 6.07) is 9.49. The monoisotopic (exact) mass is 343 g/mol. The number of amides is 1. The van der Waals surface area contributed by atoms with Gasteiger partial charge < -0.3 is 15.0 Å². The molecule has 1 atom stereocenters. The van der Waals surface area contributed by atoms with Gasteiger partial charge in [0.05, 0.1) is 18.4 Å². The lowest BCUT2D eigenvalue weighted by atomic mass is 10.3. The van der Waals surface area contributed by atoms with Gasteiger partial charge in [0.2, 0.25) is 0 Å². The summed E-state index contributed by atoms with van der Waals surface area (Å²) in [5.41, 5.74) is 1.08. The molecule has 8 nitrogen and oxygen atoms in total. The maximum Gasteiger partial charge on any atom is 0.407 e. The van der Waals surface area contributed by atoms with Crippen molar-refractivity contribution in [2.75, 3.05) is 12.3 Å². The van der Waals surface area contributed by atoms with Gasteiger partial charge in [0.1, 0.15) is 11.5 Å². The SMILES string of the molecule is O=C1NC[C@@H](CSc2nc3c(cnn3-c3ccccc3)c(=O)[nH]2)O1. The van der Waals surface area contributed by atoms with E-state index >= 15 is 0 Å². The molecule has 9 heteroatoms. The maximum atomic E-state index is 12.2. The third kappa shape index (κ3) is 2.73. The second-order valence-electron chi connectivity index (χ2n) is 5.22. The van der Waals surface area contributed by atoms with Gasteiger partial charge in [-0.25, -0.2) is 14.5 Å². The number of benzene rings is 1. The second-order valence-corrected chi connectivity index (χ2v) is 6.23. The lowest BCUT2D eigenvalue weighted by Gasteiger charge is -2.07. The van der Waals surface area contributed by atoms with Crippen LogP contribution in [0.25, 0.3) is 16.7 Å². The van der Waals surface area contributed by atoms with E-state index < -0.39 is 6.09 Å². The first kappa shape index (κ1) is 14.8. The molecule has 0 unspecified atom stereocenters. The summed E-state index contributed by atoms with van der Waals surface area (Å²) in [5.74, 6) is 0.507. The number of H-pyrrole nitrogens is 1. The number of cyclic esters (lactones) is 1. The van der Waals surface area contributed by atoms with Gasteiger partial charge in [0.15, 0.2) is 10.8 Å².